The Morgan fingerprint density at radius 3 is 2.57 bits per heavy atom. The molecule has 0 aliphatic carbocycles. The third-order valence-electron chi connectivity index (χ3n) is 3.63. The minimum absolute atomic E-state index is 0.0580. The van der Waals surface area contributed by atoms with Crippen molar-refractivity contribution in [3.63, 3.8) is 0 Å². The minimum atomic E-state index is 0.0580. The van der Waals surface area contributed by atoms with Gasteiger partial charge in [-0.2, -0.15) is 0 Å². The van der Waals surface area contributed by atoms with Crippen LogP contribution in [-0.2, 0) is 0 Å². The van der Waals surface area contributed by atoms with E-state index in [1.54, 1.807) is 6.92 Å². The van der Waals surface area contributed by atoms with Gasteiger partial charge in [-0.25, -0.2) is 0 Å². The van der Waals surface area contributed by atoms with Crippen molar-refractivity contribution in [2.24, 2.45) is 0 Å². The van der Waals surface area contributed by atoms with Crippen LogP contribution in [0.15, 0.2) is 46.9 Å². The molecule has 4 heteroatoms. The first-order chi connectivity index (χ1) is 9.90. The zero-order valence-electron chi connectivity index (χ0n) is 12.2. The van der Waals surface area contributed by atoms with Gasteiger partial charge >= 0.3 is 0 Å². The SMILES string of the molecule is CC(=O)c1ccc(Br)cc1N(C)C(C)c1cccc(Cl)c1. The number of rotatable bonds is 4. The number of halogens is 2. The van der Waals surface area contributed by atoms with E-state index < -0.39 is 0 Å². The second kappa shape index (κ2) is 6.63. The Morgan fingerprint density at radius 2 is 1.95 bits per heavy atom. The quantitative estimate of drug-likeness (QED) is 0.666. The third kappa shape index (κ3) is 3.66. The fourth-order valence-corrected chi connectivity index (χ4v) is 2.84. The van der Waals surface area contributed by atoms with Crippen LogP contribution in [0.1, 0.15) is 35.8 Å². The first kappa shape index (κ1) is 16.1. The number of hydrogen-bond donors (Lipinski definition) is 0. The summed E-state index contributed by atoms with van der Waals surface area (Å²) in [5, 5.41) is 0.716. The Morgan fingerprint density at radius 1 is 1.24 bits per heavy atom. The summed E-state index contributed by atoms with van der Waals surface area (Å²) < 4.78 is 0.952. The van der Waals surface area contributed by atoms with E-state index in [4.69, 9.17) is 11.6 Å². The van der Waals surface area contributed by atoms with Gasteiger partial charge in [0.1, 0.15) is 0 Å². The number of ketones is 1. The van der Waals surface area contributed by atoms with Gasteiger partial charge in [-0.3, -0.25) is 4.79 Å². The molecule has 2 aromatic carbocycles. The Labute approximate surface area is 138 Å². The molecule has 0 fully saturated rings. The summed E-state index contributed by atoms with van der Waals surface area (Å²) in [5.74, 6) is 0.0580. The Kier molecular flexibility index (Phi) is 5.07. The van der Waals surface area contributed by atoms with Crippen molar-refractivity contribution in [3.8, 4) is 0 Å². The molecule has 1 unspecified atom stereocenters. The maximum atomic E-state index is 11.8. The van der Waals surface area contributed by atoms with Gasteiger partial charge in [-0.1, -0.05) is 39.7 Å². The van der Waals surface area contributed by atoms with Gasteiger partial charge in [0.25, 0.3) is 0 Å². The molecule has 2 nitrogen and oxygen atoms in total. The van der Waals surface area contributed by atoms with Gasteiger partial charge in [-0.05, 0) is 49.7 Å². The van der Waals surface area contributed by atoms with Gasteiger partial charge in [0, 0.05) is 27.8 Å². The van der Waals surface area contributed by atoms with Crippen molar-refractivity contribution in [1.29, 1.82) is 0 Å². The monoisotopic (exact) mass is 365 g/mol. The predicted octanol–water partition coefficient (Wildman–Crippen LogP) is 5.50. The van der Waals surface area contributed by atoms with E-state index in [2.05, 4.69) is 27.8 Å². The van der Waals surface area contributed by atoms with Crippen molar-refractivity contribution in [2.75, 3.05) is 11.9 Å². The fraction of sp³-hybridized carbons (Fsp3) is 0.235. The van der Waals surface area contributed by atoms with Crippen LogP contribution in [0.5, 0.6) is 0 Å². The number of Topliss-reactive ketones (excluding diaryl/α,β-unsaturated/α-hetero) is 1. The van der Waals surface area contributed by atoms with Gasteiger partial charge in [0.05, 0.1) is 6.04 Å². The van der Waals surface area contributed by atoms with Crippen molar-refractivity contribution < 1.29 is 4.79 Å². The smallest absolute Gasteiger partial charge is 0.161 e. The van der Waals surface area contributed by atoms with Crippen molar-refractivity contribution >= 4 is 39.0 Å². The fourth-order valence-electron chi connectivity index (χ4n) is 2.29. The standard InChI is InChI=1S/C17H17BrClNO/c1-11(13-5-4-6-15(19)9-13)20(3)17-10-14(18)7-8-16(17)12(2)21/h4-11H,1-3H3. The van der Waals surface area contributed by atoms with E-state index in [0.717, 1.165) is 21.3 Å². The Bertz CT molecular complexity index is 672. The molecule has 2 rings (SSSR count). The number of carbonyl (C=O) groups is 1. The highest BCUT2D eigenvalue weighted by Crippen LogP contribution is 2.31. The minimum Gasteiger partial charge on any atom is -0.367 e. The average Bonchev–Trinajstić information content (AvgIpc) is 2.45. The molecule has 0 aliphatic heterocycles. The third-order valence-corrected chi connectivity index (χ3v) is 4.36. The molecule has 0 radical (unpaired) electrons. The lowest BCUT2D eigenvalue weighted by atomic mass is 10.0. The predicted molar refractivity (Wildman–Crippen MR) is 92.4 cm³/mol. The lowest BCUT2D eigenvalue weighted by Crippen LogP contribution is -2.23. The van der Waals surface area contributed by atoms with Crippen LogP contribution >= 0.6 is 27.5 Å². The van der Waals surface area contributed by atoms with Crippen LogP contribution < -0.4 is 4.90 Å². The Hall–Kier alpha value is -1.32. The molecule has 0 aliphatic rings. The van der Waals surface area contributed by atoms with Crippen LogP contribution in [0.4, 0.5) is 5.69 Å². The second-order valence-corrected chi connectivity index (χ2v) is 6.41. The molecule has 0 saturated carbocycles. The summed E-state index contributed by atoms with van der Waals surface area (Å²) >= 11 is 9.54. The van der Waals surface area contributed by atoms with Gasteiger partial charge in [0.15, 0.2) is 5.78 Å². The summed E-state index contributed by atoms with van der Waals surface area (Å²) in [4.78, 5) is 13.9. The molecule has 0 N–H and O–H groups in total. The summed E-state index contributed by atoms with van der Waals surface area (Å²) in [7, 11) is 1.99. The lowest BCUT2D eigenvalue weighted by molar-refractivity contribution is 0.101. The van der Waals surface area contributed by atoms with Crippen molar-refractivity contribution in [1.82, 2.24) is 0 Å². The second-order valence-electron chi connectivity index (χ2n) is 5.06. The molecule has 2 aromatic rings. The maximum Gasteiger partial charge on any atom is 0.161 e. The zero-order valence-corrected chi connectivity index (χ0v) is 14.6. The summed E-state index contributed by atoms with van der Waals surface area (Å²) in [6.07, 6.45) is 0. The molecule has 0 heterocycles. The number of carbonyl (C=O) groups excluding carboxylic acids is 1. The zero-order chi connectivity index (χ0) is 15.6. The number of nitrogens with zero attached hydrogens (tertiary/aromatic N) is 1. The van der Waals surface area contributed by atoms with E-state index >= 15 is 0 Å². The average molecular weight is 367 g/mol. The van der Waals surface area contributed by atoms with Gasteiger partial charge < -0.3 is 4.90 Å². The topological polar surface area (TPSA) is 20.3 Å². The molecule has 0 spiro atoms. The molecule has 110 valence electrons. The molecule has 1 atom stereocenters. The van der Waals surface area contributed by atoms with Crippen molar-refractivity contribution in [3.05, 3.63) is 63.1 Å². The summed E-state index contributed by atoms with van der Waals surface area (Å²) in [6.45, 7) is 3.68. The summed E-state index contributed by atoms with van der Waals surface area (Å²) in [5.41, 5.74) is 2.73. The molecular weight excluding hydrogens is 350 g/mol. The van der Waals surface area contributed by atoms with Crippen LogP contribution in [0.3, 0.4) is 0 Å². The Balaban J connectivity index is 2.41. The van der Waals surface area contributed by atoms with Crippen LogP contribution in [0.2, 0.25) is 5.02 Å². The summed E-state index contributed by atoms with van der Waals surface area (Å²) in [6, 6.07) is 13.6. The van der Waals surface area contributed by atoms with Crippen molar-refractivity contribution in [2.45, 2.75) is 19.9 Å². The van der Waals surface area contributed by atoms with Gasteiger partial charge in [-0.15, -0.1) is 0 Å². The highest BCUT2D eigenvalue weighted by atomic mass is 79.9. The number of hydrogen-bond acceptors (Lipinski definition) is 2. The van der Waals surface area contributed by atoms with E-state index in [1.165, 1.54) is 0 Å². The normalized spacial score (nSPS) is 12.0. The maximum absolute atomic E-state index is 11.8. The number of benzene rings is 2. The first-order valence-corrected chi connectivity index (χ1v) is 7.86. The highest BCUT2D eigenvalue weighted by Gasteiger charge is 2.17. The van der Waals surface area contributed by atoms with E-state index in [9.17, 15) is 4.79 Å². The lowest BCUT2D eigenvalue weighted by Gasteiger charge is -2.29. The molecule has 0 amide bonds. The first-order valence-electron chi connectivity index (χ1n) is 6.69. The van der Waals surface area contributed by atoms with Crippen LogP contribution in [-0.4, -0.2) is 12.8 Å². The van der Waals surface area contributed by atoms with Gasteiger partial charge in [0.2, 0.25) is 0 Å². The molecule has 21 heavy (non-hydrogen) atoms. The molecule has 0 saturated heterocycles. The largest absolute Gasteiger partial charge is 0.367 e. The molecule has 0 bridgehead atoms. The van der Waals surface area contributed by atoms with Crippen LogP contribution in [0, 0.1) is 0 Å². The van der Waals surface area contributed by atoms with E-state index in [-0.39, 0.29) is 11.8 Å². The molecule has 0 aromatic heterocycles. The van der Waals surface area contributed by atoms with E-state index in [0.29, 0.717) is 5.02 Å². The molecular formula is C17H17BrClNO. The van der Waals surface area contributed by atoms with E-state index in [1.807, 2.05) is 49.5 Å². The van der Waals surface area contributed by atoms with Crippen LogP contribution in [0.25, 0.3) is 0 Å². The highest BCUT2D eigenvalue weighted by molar-refractivity contribution is 9.10. The number of anilines is 1.